The molecule has 8 nitrogen and oxygen atoms in total. The van der Waals surface area contributed by atoms with Crippen LogP contribution in [0.25, 0.3) is 22.6 Å². The largest absolute Gasteiger partial charge is 0.384 e. The van der Waals surface area contributed by atoms with Gasteiger partial charge in [0.2, 0.25) is 0 Å². The van der Waals surface area contributed by atoms with E-state index in [1.54, 1.807) is 12.3 Å². The minimum atomic E-state index is -0.223. The fourth-order valence-electron chi connectivity index (χ4n) is 6.02. The Kier molecular flexibility index (Phi) is 5.93. The molecule has 37 heavy (non-hydrogen) atoms. The van der Waals surface area contributed by atoms with E-state index in [9.17, 15) is 4.79 Å². The molecule has 2 fully saturated rings. The Labute approximate surface area is 218 Å². The molecule has 1 aliphatic heterocycles. The molecule has 3 unspecified atom stereocenters. The van der Waals surface area contributed by atoms with Crippen LogP contribution >= 0.6 is 0 Å². The number of amides is 1. The fourth-order valence-corrected chi connectivity index (χ4v) is 6.02. The quantitative estimate of drug-likeness (QED) is 0.375. The number of carbonyl (C=O) groups is 1. The second-order valence-corrected chi connectivity index (χ2v) is 11.2. The lowest BCUT2D eigenvalue weighted by Gasteiger charge is -2.36. The summed E-state index contributed by atoms with van der Waals surface area (Å²) < 4.78 is 0. The van der Waals surface area contributed by atoms with E-state index in [1.165, 1.54) is 0 Å². The number of fused-ring (bicyclic) bond motifs is 3. The number of hydrogen-bond acceptors (Lipinski definition) is 6. The van der Waals surface area contributed by atoms with E-state index in [4.69, 9.17) is 0 Å². The summed E-state index contributed by atoms with van der Waals surface area (Å²) >= 11 is 0. The third-order valence-electron chi connectivity index (χ3n) is 8.95. The number of benzene rings is 1. The molecule has 8 heteroatoms. The number of pyridine rings is 1. The van der Waals surface area contributed by atoms with Gasteiger partial charge in [0.25, 0.3) is 5.91 Å². The summed E-state index contributed by atoms with van der Waals surface area (Å²) in [5.41, 5.74) is 3.61. The lowest BCUT2D eigenvalue weighted by atomic mass is 9.69. The van der Waals surface area contributed by atoms with E-state index in [0.29, 0.717) is 28.5 Å². The molecule has 6 rings (SSSR count). The summed E-state index contributed by atoms with van der Waals surface area (Å²) in [6.07, 6.45) is 2.54. The molecule has 3 atom stereocenters. The minimum Gasteiger partial charge on any atom is -0.384 e. The maximum Gasteiger partial charge on any atom is 0.253 e. The number of aromatic amines is 1. The molecule has 2 aliphatic carbocycles. The normalized spacial score (nSPS) is 26.1. The van der Waals surface area contributed by atoms with Crippen LogP contribution in [0.15, 0.2) is 36.5 Å². The number of carbonyl (C=O) groups excluding carboxylic acids is 1. The Hall–Kier alpha value is -3.41. The first kappa shape index (κ1) is 24.0. The van der Waals surface area contributed by atoms with E-state index in [1.807, 2.05) is 12.1 Å². The SMILES string of the molecule is CC1(C)C2C#CC1(C)C(NC(=O)c1ccnc3nc(-c4ccc(NCCN5CCNCC5)cc4)[nH]c13)C2. The summed E-state index contributed by atoms with van der Waals surface area (Å²) in [5, 5.41) is 10.2. The van der Waals surface area contributed by atoms with Crippen LogP contribution in [0.5, 0.6) is 0 Å². The number of nitrogens with zero attached hydrogens (tertiary/aromatic N) is 3. The zero-order chi connectivity index (χ0) is 25.6. The second kappa shape index (κ2) is 9.16. The number of anilines is 1. The number of hydrogen-bond donors (Lipinski definition) is 4. The first-order valence-electron chi connectivity index (χ1n) is 13.3. The molecular weight excluding hydrogens is 462 g/mol. The van der Waals surface area contributed by atoms with Gasteiger partial charge >= 0.3 is 0 Å². The second-order valence-electron chi connectivity index (χ2n) is 11.2. The van der Waals surface area contributed by atoms with Gasteiger partial charge < -0.3 is 20.9 Å². The molecule has 1 saturated carbocycles. The van der Waals surface area contributed by atoms with E-state index in [2.05, 4.69) is 80.5 Å². The highest BCUT2D eigenvalue weighted by atomic mass is 16.1. The van der Waals surface area contributed by atoms with Crippen LogP contribution < -0.4 is 16.0 Å². The molecule has 1 amide bonds. The van der Waals surface area contributed by atoms with Crippen LogP contribution in [-0.2, 0) is 0 Å². The van der Waals surface area contributed by atoms with Gasteiger partial charge in [-0.25, -0.2) is 9.97 Å². The van der Waals surface area contributed by atoms with Gasteiger partial charge in [0.1, 0.15) is 5.82 Å². The first-order chi connectivity index (χ1) is 17.8. The number of aromatic nitrogens is 3. The van der Waals surface area contributed by atoms with Crippen LogP contribution in [-0.4, -0.2) is 71.1 Å². The monoisotopic (exact) mass is 497 g/mol. The Balaban J connectivity index is 1.15. The van der Waals surface area contributed by atoms with Gasteiger partial charge in [0.05, 0.1) is 16.5 Å². The summed E-state index contributed by atoms with van der Waals surface area (Å²) in [7, 11) is 0. The molecule has 2 aromatic heterocycles. The average Bonchev–Trinajstić information content (AvgIpc) is 3.49. The van der Waals surface area contributed by atoms with Gasteiger partial charge in [0.15, 0.2) is 5.65 Å². The van der Waals surface area contributed by atoms with Crippen LogP contribution in [0.4, 0.5) is 5.69 Å². The van der Waals surface area contributed by atoms with Crippen LogP contribution in [0, 0.1) is 28.6 Å². The van der Waals surface area contributed by atoms with Crippen molar-refractivity contribution < 1.29 is 4.79 Å². The summed E-state index contributed by atoms with van der Waals surface area (Å²) in [5.74, 6) is 7.71. The zero-order valence-electron chi connectivity index (χ0n) is 21.8. The van der Waals surface area contributed by atoms with Crippen molar-refractivity contribution in [3.8, 4) is 23.2 Å². The average molecular weight is 498 g/mol. The van der Waals surface area contributed by atoms with Crippen molar-refractivity contribution in [2.45, 2.75) is 33.2 Å². The van der Waals surface area contributed by atoms with E-state index >= 15 is 0 Å². The van der Waals surface area contributed by atoms with E-state index < -0.39 is 0 Å². The molecule has 0 spiro atoms. The van der Waals surface area contributed by atoms with Gasteiger partial charge in [-0.1, -0.05) is 25.7 Å². The van der Waals surface area contributed by atoms with Crippen molar-refractivity contribution in [1.82, 2.24) is 30.5 Å². The van der Waals surface area contributed by atoms with Gasteiger partial charge in [0, 0.05) is 68.7 Å². The maximum absolute atomic E-state index is 13.4. The molecule has 3 heterocycles. The minimum absolute atomic E-state index is 0.0264. The lowest BCUT2D eigenvalue weighted by molar-refractivity contribution is 0.0893. The van der Waals surface area contributed by atoms with Crippen molar-refractivity contribution in [3.05, 3.63) is 42.1 Å². The Morgan fingerprint density at radius 1 is 1.16 bits per heavy atom. The van der Waals surface area contributed by atoms with Crippen molar-refractivity contribution in [3.63, 3.8) is 0 Å². The summed E-state index contributed by atoms with van der Waals surface area (Å²) in [6, 6.07) is 10.0. The molecule has 192 valence electrons. The van der Waals surface area contributed by atoms with Crippen LogP contribution in [0.3, 0.4) is 0 Å². The highest BCUT2D eigenvalue weighted by Gasteiger charge is 2.59. The number of rotatable bonds is 7. The Bertz CT molecular complexity index is 1380. The summed E-state index contributed by atoms with van der Waals surface area (Å²) in [4.78, 5) is 28.3. The first-order valence-corrected chi connectivity index (χ1v) is 13.3. The van der Waals surface area contributed by atoms with Crippen molar-refractivity contribution in [2.75, 3.05) is 44.6 Å². The highest BCUT2D eigenvalue weighted by molar-refractivity contribution is 6.04. The van der Waals surface area contributed by atoms with Gasteiger partial charge in [-0.05, 0) is 49.1 Å². The molecule has 4 N–H and O–H groups in total. The molecule has 3 aromatic rings. The van der Waals surface area contributed by atoms with Gasteiger partial charge in [-0.2, -0.15) is 0 Å². The Morgan fingerprint density at radius 2 is 1.95 bits per heavy atom. The predicted octanol–water partition coefficient (Wildman–Crippen LogP) is 3.11. The summed E-state index contributed by atoms with van der Waals surface area (Å²) in [6.45, 7) is 13.0. The molecule has 0 radical (unpaired) electrons. The Morgan fingerprint density at radius 3 is 2.65 bits per heavy atom. The van der Waals surface area contributed by atoms with E-state index in [-0.39, 0.29) is 22.8 Å². The van der Waals surface area contributed by atoms with Gasteiger partial charge in [-0.15, -0.1) is 0 Å². The third-order valence-corrected chi connectivity index (χ3v) is 8.95. The number of piperazine rings is 1. The van der Waals surface area contributed by atoms with Gasteiger partial charge in [-0.3, -0.25) is 9.69 Å². The molecule has 2 bridgehead atoms. The molecule has 1 aromatic carbocycles. The highest BCUT2D eigenvalue weighted by Crippen LogP contribution is 2.58. The number of H-pyrrole nitrogens is 1. The van der Waals surface area contributed by atoms with Crippen LogP contribution in [0.1, 0.15) is 37.6 Å². The maximum atomic E-state index is 13.4. The van der Waals surface area contributed by atoms with Crippen molar-refractivity contribution >= 4 is 22.8 Å². The number of imidazole rings is 1. The standard InChI is InChI=1S/C29H35N7O/c1-28(2)20-8-10-29(28,3)23(18-20)33-27(37)22-9-11-32-26-24(22)34-25(35-26)19-4-6-21(7-5-19)31-14-17-36-15-12-30-13-16-36/h4-7,9,11,20,23,30-31H,12-18H2,1-3H3,(H,33,37)(H,32,34,35). The molecular formula is C29H35N7O. The predicted molar refractivity (Wildman–Crippen MR) is 146 cm³/mol. The third kappa shape index (κ3) is 4.16. The fraction of sp³-hybridized carbons (Fsp3) is 0.483. The van der Waals surface area contributed by atoms with Crippen molar-refractivity contribution in [2.24, 2.45) is 16.7 Å². The number of nitrogens with one attached hydrogen (secondary N) is 4. The topological polar surface area (TPSA) is 98.0 Å². The smallest absolute Gasteiger partial charge is 0.253 e. The van der Waals surface area contributed by atoms with E-state index in [0.717, 1.165) is 56.9 Å². The lowest BCUT2D eigenvalue weighted by Crippen LogP contribution is -2.46. The van der Waals surface area contributed by atoms with Crippen molar-refractivity contribution in [1.29, 1.82) is 0 Å². The molecule has 1 saturated heterocycles. The van der Waals surface area contributed by atoms with Crippen LogP contribution in [0.2, 0.25) is 0 Å². The molecule has 3 aliphatic rings. The zero-order valence-corrected chi connectivity index (χ0v) is 21.8.